The second-order valence-electron chi connectivity index (χ2n) is 6.04. The Morgan fingerprint density at radius 2 is 1.95 bits per heavy atom. The average Bonchev–Trinajstić information content (AvgIpc) is 3.06. The molecule has 0 bridgehead atoms. The lowest BCUT2D eigenvalue weighted by molar-refractivity contribution is 0.189. The summed E-state index contributed by atoms with van der Waals surface area (Å²) in [5.74, 6) is 0. The minimum Gasteiger partial charge on any atom is -0.330 e. The number of aromatic nitrogens is 1. The molecule has 1 fully saturated rings. The van der Waals surface area contributed by atoms with Crippen LogP contribution in [0.1, 0.15) is 37.7 Å². The summed E-state index contributed by atoms with van der Waals surface area (Å²) in [6.45, 7) is 2.91. The molecule has 3 rings (SSSR count). The molecule has 0 radical (unpaired) electrons. The van der Waals surface area contributed by atoms with Gasteiger partial charge in [-0.1, -0.05) is 31.0 Å². The fourth-order valence-electron chi connectivity index (χ4n) is 3.47. The molecule has 1 aromatic heterocycles. The number of nitrogens with two attached hydrogens (primary N) is 1. The van der Waals surface area contributed by atoms with Gasteiger partial charge in [0.1, 0.15) is 0 Å². The van der Waals surface area contributed by atoms with E-state index in [-0.39, 0.29) is 0 Å². The predicted octanol–water partition coefficient (Wildman–Crippen LogP) is 3.33. The molecule has 1 aliphatic carbocycles. The molecule has 3 nitrogen and oxygen atoms in total. The number of nitrogens with zero attached hydrogens (tertiary/aromatic N) is 2. The van der Waals surface area contributed by atoms with Crippen LogP contribution in [-0.2, 0) is 6.54 Å². The summed E-state index contributed by atoms with van der Waals surface area (Å²) in [7, 11) is 0. The van der Waals surface area contributed by atoms with E-state index < -0.39 is 0 Å². The Morgan fingerprint density at radius 1 is 1.14 bits per heavy atom. The Kier molecular flexibility index (Phi) is 4.84. The first-order valence-corrected chi connectivity index (χ1v) is 8.15. The summed E-state index contributed by atoms with van der Waals surface area (Å²) < 4.78 is 0. The zero-order chi connectivity index (χ0) is 14.5. The molecule has 1 aromatic carbocycles. The minimum absolute atomic E-state index is 0.739. The van der Waals surface area contributed by atoms with Crippen LogP contribution in [0.2, 0.25) is 0 Å². The molecule has 1 saturated carbocycles. The number of pyridine rings is 1. The quantitative estimate of drug-likeness (QED) is 0.884. The van der Waals surface area contributed by atoms with E-state index >= 15 is 0 Å². The van der Waals surface area contributed by atoms with Crippen molar-refractivity contribution < 1.29 is 0 Å². The molecule has 1 heterocycles. The maximum Gasteiger partial charge on any atom is 0.0705 e. The maximum absolute atomic E-state index is 5.72. The van der Waals surface area contributed by atoms with Crippen molar-refractivity contribution in [1.82, 2.24) is 9.88 Å². The van der Waals surface area contributed by atoms with Gasteiger partial charge in [0.15, 0.2) is 0 Å². The Morgan fingerprint density at radius 3 is 2.76 bits per heavy atom. The van der Waals surface area contributed by atoms with Crippen molar-refractivity contribution in [3.63, 3.8) is 0 Å². The number of benzene rings is 1. The van der Waals surface area contributed by atoms with E-state index in [1.807, 2.05) is 6.20 Å². The molecule has 0 saturated heterocycles. The van der Waals surface area contributed by atoms with Crippen molar-refractivity contribution in [2.45, 2.75) is 44.7 Å². The van der Waals surface area contributed by atoms with Gasteiger partial charge in [0.2, 0.25) is 0 Å². The summed E-state index contributed by atoms with van der Waals surface area (Å²) in [5, 5.41) is 1.29. The Hall–Kier alpha value is -1.45. The van der Waals surface area contributed by atoms with Gasteiger partial charge in [-0.05, 0) is 50.0 Å². The van der Waals surface area contributed by atoms with Gasteiger partial charge in [-0.25, -0.2) is 0 Å². The molecule has 0 unspecified atom stereocenters. The monoisotopic (exact) mass is 283 g/mol. The van der Waals surface area contributed by atoms with Crippen molar-refractivity contribution in [1.29, 1.82) is 0 Å². The zero-order valence-corrected chi connectivity index (χ0v) is 12.7. The predicted molar refractivity (Wildman–Crippen MR) is 88.1 cm³/mol. The molecular weight excluding hydrogens is 258 g/mol. The number of para-hydroxylation sites is 1. The number of hydrogen-bond acceptors (Lipinski definition) is 3. The van der Waals surface area contributed by atoms with Gasteiger partial charge in [0.05, 0.1) is 5.52 Å². The molecule has 21 heavy (non-hydrogen) atoms. The topological polar surface area (TPSA) is 42.1 Å². The van der Waals surface area contributed by atoms with Gasteiger partial charge >= 0.3 is 0 Å². The first-order valence-electron chi connectivity index (χ1n) is 8.15. The van der Waals surface area contributed by atoms with Gasteiger partial charge in [-0.2, -0.15) is 0 Å². The molecule has 1 aliphatic rings. The molecule has 2 N–H and O–H groups in total. The van der Waals surface area contributed by atoms with Crippen molar-refractivity contribution in [2.75, 3.05) is 13.1 Å². The van der Waals surface area contributed by atoms with Crippen molar-refractivity contribution in [3.05, 3.63) is 42.1 Å². The first kappa shape index (κ1) is 14.5. The van der Waals surface area contributed by atoms with Gasteiger partial charge in [0.25, 0.3) is 0 Å². The van der Waals surface area contributed by atoms with Crippen LogP contribution in [0.4, 0.5) is 0 Å². The second-order valence-corrected chi connectivity index (χ2v) is 6.04. The van der Waals surface area contributed by atoms with Crippen LogP contribution >= 0.6 is 0 Å². The Balaban J connectivity index is 1.82. The molecule has 0 amide bonds. The van der Waals surface area contributed by atoms with Crippen LogP contribution in [0.15, 0.2) is 36.5 Å². The standard InChI is InChI=1S/C18H25N3/c19-11-5-13-21(16-6-1-2-7-16)14-15-10-12-20-18-9-4-3-8-17(15)18/h3-4,8-10,12,16H,1-2,5-7,11,13-14,19H2. The van der Waals surface area contributed by atoms with Crippen molar-refractivity contribution in [3.8, 4) is 0 Å². The summed E-state index contributed by atoms with van der Waals surface area (Å²) in [4.78, 5) is 7.11. The highest BCUT2D eigenvalue weighted by molar-refractivity contribution is 5.81. The van der Waals surface area contributed by atoms with Crippen molar-refractivity contribution >= 4 is 10.9 Å². The van der Waals surface area contributed by atoms with Crippen LogP contribution in [0.3, 0.4) is 0 Å². The number of rotatable bonds is 6. The molecule has 0 spiro atoms. The normalized spacial score (nSPS) is 16.1. The minimum atomic E-state index is 0.739. The molecule has 112 valence electrons. The summed E-state index contributed by atoms with van der Waals surface area (Å²) in [6.07, 6.45) is 8.45. The van der Waals surface area contributed by atoms with E-state index in [1.54, 1.807) is 0 Å². The summed E-state index contributed by atoms with van der Waals surface area (Å²) >= 11 is 0. The second kappa shape index (κ2) is 7.01. The maximum atomic E-state index is 5.72. The number of fused-ring (bicyclic) bond motifs is 1. The van der Waals surface area contributed by atoms with Crippen LogP contribution in [0.25, 0.3) is 10.9 Å². The molecule has 3 heteroatoms. The van der Waals surface area contributed by atoms with Crippen LogP contribution in [0, 0.1) is 0 Å². The molecular formula is C18H25N3. The lowest BCUT2D eigenvalue weighted by Gasteiger charge is -2.29. The van der Waals surface area contributed by atoms with E-state index in [0.29, 0.717) is 0 Å². The average molecular weight is 283 g/mol. The molecule has 0 atom stereocenters. The Labute approximate surface area is 127 Å². The first-order chi connectivity index (χ1) is 10.4. The van der Waals surface area contributed by atoms with Crippen molar-refractivity contribution in [2.24, 2.45) is 5.73 Å². The van der Waals surface area contributed by atoms with E-state index in [9.17, 15) is 0 Å². The van der Waals surface area contributed by atoms with Gasteiger partial charge in [-0.15, -0.1) is 0 Å². The van der Waals surface area contributed by atoms with Gasteiger partial charge in [0, 0.05) is 24.2 Å². The highest BCUT2D eigenvalue weighted by Gasteiger charge is 2.22. The van der Waals surface area contributed by atoms with Gasteiger partial charge in [-0.3, -0.25) is 9.88 Å². The third-order valence-electron chi connectivity index (χ3n) is 4.60. The highest BCUT2D eigenvalue weighted by atomic mass is 15.2. The third kappa shape index (κ3) is 3.42. The van der Waals surface area contributed by atoms with E-state index in [4.69, 9.17) is 5.73 Å². The molecule has 0 aliphatic heterocycles. The van der Waals surface area contributed by atoms with E-state index in [2.05, 4.69) is 40.2 Å². The largest absolute Gasteiger partial charge is 0.330 e. The SMILES string of the molecule is NCCCN(Cc1ccnc2ccccc12)C1CCCC1. The smallest absolute Gasteiger partial charge is 0.0705 e. The highest BCUT2D eigenvalue weighted by Crippen LogP contribution is 2.26. The third-order valence-corrected chi connectivity index (χ3v) is 4.60. The Bertz CT molecular complexity index is 570. The fraction of sp³-hybridized carbons (Fsp3) is 0.500. The number of hydrogen-bond donors (Lipinski definition) is 1. The lowest BCUT2D eigenvalue weighted by atomic mass is 10.1. The van der Waals surface area contributed by atoms with Crippen LogP contribution < -0.4 is 5.73 Å². The van der Waals surface area contributed by atoms with E-state index in [0.717, 1.165) is 37.6 Å². The van der Waals surface area contributed by atoms with Gasteiger partial charge < -0.3 is 5.73 Å². The zero-order valence-electron chi connectivity index (χ0n) is 12.7. The van der Waals surface area contributed by atoms with Crippen LogP contribution in [0.5, 0.6) is 0 Å². The lowest BCUT2D eigenvalue weighted by Crippen LogP contribution is -2.34. The molecule has 2 aromatic rings. The summed E-state index contributed by atoms with van der Waals surface area (Å²) in [6, 6.07) is 11.4. The van der Waals surface area contributed by atoms with E-state index in [1.165, 1.54) is 36.6 Å². The van der Waals surface area contributed by atoms with Crippen LogP contribution in [-0.4, -0.2) is 29.0 Å². The fourth-order valence-corrected chi connectivity index (χ4v) is 3.47. The summed E-state index contributed by atoms with van der Waals surface area (Å²) in [5.41, 5.74) is 8.21.